The Kier molecular flexibility index (Phi) is 4.08. The largest absolute Gasteiger partial charge is 0.342 e. The summed E-state index contributed by atoms with van der Waals surface area (Å²) in [6, 6.07) is 12.1. The van der Waals surface area contributed by atoms with Crippen LogP contribution in [0.3, 0.4) is 0 Å². The summed E-state index contributed by atoms with van der Waals surface area (Å²) in [4.78, 5) is 5.08. The number of benzene rings is 2. The molecule has 0 aliphatic carbocycles. The quantitative estimate of drug-likeness (QED) is 0.807. The Labute approximate surface area is 143 Å². The van der Waals surface area contributed by atoms with Gasteiger partial charge in [0.15, 0.2) is 0 Å². The number of β-amino-alcohol motifs (C(OH)–C–C–N with tert-alkyl or cyclic N) is 1. The Bertz CT molecular complexity index is 897. The predicted molar refractivity (Wildman–Crippen MR) is 89.2 cm³/mol. The molecule has 2 aromatic rings. The fraction of sp³-hybridized carbons (Fsp3) is 0.133. The van der Waals surface area contributed by atoms with Crippen LogP contribution in [-0.2, 0) is 10.0 Å². The third kappa shape index (κ3) is 3.41. The summed E-state index contributed by atoms with van der Waals surface area (Å²) in [5.74, 6) is -2.57. The van der Waals surface area contributed by atoms with Gasteiger partial charge in [0.25, 0.3) is 0 Å². The van der Waals surface area contributed by atoms with E-state index in [1.54, 1.807) is 24.3 Å². The van der Waals surface area contributed by atoms with Gasteiger partial charge in [-0.2, -0.15) is 4.39 Å². The minimum Gasteiger partial charge on any atom is -0.342 e. The van der Waals surface area contributed by atoms with Gasteiger partial charge in [0.1, 0.15) is 12.4 Å². The van der Waals surface area contributed by atoms with Crippen molar-refractivity contribution in [2.75, 3.05) is 11.4 Å². The summed E-state index contributed by atoms with van der Waals surface area (Å²) in [6.07, 6.45) is 0. The summed E-state index contributed by atoms with van der Waals surface area (Å²) in [7, 11) is -3.83. The molecule has 126 valence electrons. The first-order valence-corrected chi connectivity index (χ1v) is 8.76. The lowest BCUT2D eigenvalue weighted by Crippen LogP contribution is -2.33. The molecule has 24 heavy (non-hydrogen) atoms. The number of rotatable bonds is 3. The summed E-state index contributed by atoms with van der Waals surface area (Å²) in [5, 5.41) is 15.2. The van der Waals surface area contributed by atoms with Gasteiger partial charge < -0.3 is 10.0 Å². The fourth-order valence-corrected chi connectivity index (χ4v) is 3.02. The summed E-state index contributed by atoms with van der Waals surface area (Å²) < 4.78 is 36.6. The Hall–Kier alpha value is -2.00. The molecule has 9 heteroatoms. The van der Waals surface area contributed by atoms with Crippen LogP contribution in [0.25, 0.3) is 0 Å². The molecule has 3 rings (SSSR count). The number of aliphatic imine (C=N–C) groups is 1. The molecule has 1 aliphatic heterocycles. The van der Waals surface area contributed by atoms with E-state index in [-0.39, 0.29) is 17.3 Å². The average molecular weight is 370 g/mol. The minimum absolute atomic E-state index is 0.0709. The molecule has 0 fully saturated rings. The Morgan fingerprint density at radius 1 is 1.17 bits per heavy atom. The lowest BCUT2D eigenvalue weighted by atomic mass is 10.2. The number of nitrogens with zero attached hydrogens (tertiary/aromatic N) is 2. The topological polar surface area (TPSA) is 96.0 Å². The molecule has 1 atom stereocenters. The third-order valence-corrected chi connectivity index (χ3v) is 4.65. The molecule has 0 saturated heterocycles. The first-order valence-electron chi connectivity index (χ1n) is 6.83. The van der Waals surface area contributed by atoms with E-state index < -0.39 is 16.0 Å². The molecule has 1 aliphatic rings. The molecular weight excluding hydrogens is 357 g/mol. The van der Waals surface area contributed by atoms with Gasteiger partial charge in [-0.25, -0.2) is 18.5 Å². The van der Waals surface area contributed by atoms with Gasteiger partial charge in [0.05, 0.1) is 4.90 Å². The molecular formula is C15H13ClFN3O3S. The van der Waals surface area contributed by atoms with E-state index in [0.29, 0.717) is 16.3 Å². The van der Waals surface area contributed by atoms with Crippen LogP contribution in [0, 0.1) is 0 Å². The van der Waals surface area contributed by atoms with E-state index in [1.165, 1.54) is 29.2 Å². The highest BCUT2D eigenvalue weighted by atomic mass is 35.5. The zero-order valence-corrected chi connectivity index (χ0v) is 13.8. The molecule has 1 unspecified atom stereocenters. The summed E-state index contributed by atoms with van der Waals surface area (Å²) >= 11 is 5.85. The number of aliphatic hydroxyl groups is 1. The number of halogens is 2. The summed E-state index contributed by atoms with van der Waals surface area (Å²) in [6.45, 7) is -0.388. The fourth-order valence-electron chi connectivity index (χ4n) is 2.38. The Morgan fingerprint density at radius 3 is 2.29 bits per heavy atom. The number of sulfonamides is 1. The second kappa shape index (κ2) is 5.82. The summed E-state index contributed by atoms with van der Waals surface area (Å²) in [5.41, 5.74) is 1.02. The lowest BCUT2D eigenvalue weighted by molar-refractivity contribution is -0.0627. The molecule has 0 bridgehead atoms. The number of anilines is 1. The van der Waals surface area contributed by atoms with Crippen molar-refractivity contribution in [2.24, 2.45) is 10.1 Å². The van der Waals surface area contributed by atoms with Crippen LogP contribution < -0.4 is 10.0 Å². The Morgan fingerprint density at radius 2 is 1.75 bits per heavy atom. The van der Waals surface area contributed by atoms with Crippen molar-refractivity contribution in [1.82, 2.24) is 0 Å². The highest BCUT2D eigenvalue weighted by Crippen LogP contribution is 2.29. The monoisotopic (exact) mass is 369 g/mol. The Balaban J connectivity index is 2.01. The highest BCUT2D eigenvalue weighted by Gasteiger charge is 2.38. The van der Waals surface area contributed by atoms with Gasteiger partial charge >= 0.3 is 5.98 Å². The van der Waals surface area contributed by atoms with Crippen LogP contribution in [0.5, 0.6) is 0 Å². The van der Waals surface area contributed by atoms with Gasteiger partial charge in [-0.05, 0) is 48.5 Å². The molecule has 0 saturated carbocycles. The number of hydrogen-bond donors (Lipinski definition) is 2. The maximum Gasteiger partial charge on any atom is 0.324 e. The lowest BCUT2D eigenvalue weighted by Gasteiger charge is -2.21. The van der Waals surface area contributed by atoms with Crippen LogP contribution in [0.4, 0.5) is 10.1 Å². The zero-order valence-electron chi connectivity index (χ0n) is 12.2. The third-order valence-electron chi connectivity index (χ3n) is 3.47. The second-order valence-corrected chi connectivity index (χ2v) is 7.28. The van der Waals surface area contributed by atoms with E-state index in [9.17, 15) is 17.9 Å². The van der Waals surface area contributed by atoms with Gasteiger partial charge in [0.2, 0.25) is 10.0 Å². The van der Waals surface area contributed by atoms with E-state index in [0.717, 1.165) is 0 Å². The van der Waals surface area contributed by atoms with Crippen molar-refractivity contribution in [1.29, 1.82) is 0 Å². The van der Waals surface area contributed by atoms with Crippen molar-refractivity contribution in [2.45, 2.75) is 10.9 Å². The second-order valence-electron chi connectivity index (χ2n) is 5.29. The van der Waals surface area contributed by atoms with E-state index in [1.807, 2.05) is 0 Å². The van der Waals surface area contributed by atoms with Crippen molar-refractivity contribution < 1.29 is 17.9 Å². The normalized spacial score (nSPS) is 21.0. The molecule has 0 radical (unpaired) electrons. The molecule has 0 aromatic heterocycles. The number of primary sulfonamides is 1. The molecule has 6 nitrogen and oxygen atoms in total. The van der Waals surface area contributed by atoms with E-state index in [4.69, 9.17) is 16.7 Å². The van der Waals surface area contributed by atoms with E-state index in [2.05, 4.69) is 4.99 Å². The van der Waals surface area contributed by atoms with Crippen molar-refractivity contribution in [3.63, 3.8) is 0 Å². The first kappa shape index (κ1) is 16.8. The first-order chi connectivity index (χ1) is 11.2. The zero-order chi connectivity index (χ0) is 17.5. The number of alkyl halides is 1. The van der Waals surface area contributed by atoms with Gasteiger partial charge in [0, 0.05) is 16.3 Å². The van der Waals surface area contributed by atoms with Gasteiger partial charge in [-0.15, -0.1) is 0 Å². The van der Waals surface area contributed by atoms with Crippen LogP contribution in [0.15, 0.2) is 58.4 Å². The van der Waals surface area contributed by atoms with Gasteiger partial charge in [-0.3, -0.25) is 0 Å². The van der Waals surface area contributed by atoms with Crippen LogP contribution in [0.1, 0.15) is 5.56 Å². The maximum atomic E-state index is 14.0. The molecule has 0 amide bonds. The maximum absolute atomic E-state index is 14.0. The van der Waals surface area contributed by atoms with Crippen molar-refractivity contribution >= 4 is 33.1 Å². The SMILES string of the molecule is NS(=O)(=O)c1ccc(C2=NC(O)(F)CN2c2ccc(Cl)cc2)cc1. The minimum atomic E-state index is -3.83. The van der Waals surface area contributed by atoms with E-state index >= 15 is 0 Å². The molecule has 0 spiro atoms. The van der Waals surface area contributed by atoms with Crippen molar-refractivity contribution in [3.8, 4) is 0 Å². The molecule has 3 N–H and O–H groups in total. The van der Waals surface area contributed by atoms with Gasteiger partial charge in [-0.1, -0.05) is 11.6 Å². The number of amidine groups is 1. The van der Waals surface area contributed by atoms with Crippen molar-refractivity contribution in [3.05, 3.63) is 59.1 Å². The van der Waals surface area contributed by atoms with Crippen LogP contribution in [-0.4, -0.2) is 31.9 Å². The number of hydrogen-bond acceptors (Lipinski definition) is 5. The highest BCUT2D eigenvalue weighted by molar-refractivity contribution is 7.89. The number of nitrogens with two attached hydrogens (primary N) is 1. The standard InChI is InChI=1S/C15H13ClFN3O3S/c16-11-3-5-12(6-4-11)20-9-15(17,21)19-14(20)10-1-7-13(8-2-10)24(18,22)23/h1-8,21H,9H2,(H2,18,22,23). The molecule has 1 heterocycles. The smallest absolute Gasteiger partial charge is 0.324 e. The predicted octanol–water partition coefficient (Wildman–Crippen LogP) is 1.87. The van der Waals surface area contributed by atoms with Crippen LogP contribution >= 0.6 is 11.6 Å². The van der Waals surface area contributed by atoms with Crippen LogP contribution in [0.2, 0.25) is 5.02 Å². The average Bonchev–Trinajstić information content (AvgIpc) is 2.83. The molecule has 2 aromatic carbocycles.